The van der Waals surface area contributed by atoms with E-state index in [4.69, 9.17) is 5.73 Å². The Kier molecular flexibility index (Phi) is 4.53. The third kappa shape index (κ3) is 3.81. The Bertz CT molecular complexity index is 587. The van der Waals surface area contributed by atoms with Crippen LogP contribution in [0.4, 0.5) is 5.13 Å². The van der Waals surface area contributed by atoms with E-state index in [0.29, 0.717) is 5.13 Å². The molecule has 1 aliphatic rings. The van der Waals surface area contributed by atoms with Gasteiger partial charge in [0.1, 0.15) is 0 Å². The Balaban J connectivity index is 1.50. The fourth-order valence-electron chi connectivity index (χ4n) is 2.75. The number of hydrogen-bond donors (Lipinski definition) is 1. The van der Waals surface area contributed by atoms with Crippen LogP contribution >= 0.6 is 11.3 Å². The van der Waals surface area contributed by atoms with Crippen molar-refractivity contribution < 1.29 is 0 Å². The van der Waals surface area contributed by atoms with Gasteiger partial charge in [0.2, 0.25) is 0 Å². The van der Waals surface area contributed by atoms with Crippen LogP contribution in [0, 0.1) is 6.92 Å². The maximum absolute atomic E-state index is 5.69. The molecule has 0 atom stereocenters. The average molecular weight is 302 g/mol. The van der Waals surface area contributed by atoms with E-state index in [9.17, 15) is 0 Å². The van der Waals surface area contributed by atoms with Crippen molar-refractivity contribution in [3.8, 4) is 0 Å². The summed E-state index contributed by atoms with van der Waals surface area (Å²) in [6, 6.07) is 8.67. The summed E-state index contributed by atoms with van der Waals surface area (Å²) >= 11 is 1.60. The molecule has 1 aromatic carbocycles. The van der Waals surface area contributed by atoms with Gasteiger partial charge in [-0.3, -0.25) is 9.80 Å². The molecule has 3 rings (SSSR count). The van der Waals surface area contributed by atoms with Crippen LogP contribution < -0.4 is 5.73 Å². The number of aromatic nitrogens is 1. The third-order valence-electron chi connectivity index (χ3n) is 4.07. The second-order valence-electron chi connectivity index (χ2n) is 5.64. The van der Waals surface area contributed by atoms with Crippen molar-refractivity contribution in [2.45, 2.75) is 20.0 Å². The molecule has 0 radical (unpaired) electrons. The van der Waals surface area contributed by atoms with Crippen LogP contribution in [0.1, 0.15) is 16.0 Å². The lowest BCUT2D eigenvalue weighted by molar-refractivity contribution is 0.122. The summed E-state index contributed by atoms with van der Waals surface area (Å²) in [4.78, 5) is 10.4. The summed E-state index contributed by atoms with van der Waals surface area (Å²) in [5, 5.41) is 0.670. The van der Waals surface area contributed by atoms with E-state index < -0.39 is 0 Å². The maximum atomic E-state index is 5.69. The van der Waals surface area contributed by atoms with Gasteiger partial charge >= 0.3 is 0 Å². The second kappa shape index (κ2) is 6.56. The number of piperazine rings is 1. The average Bonchev–Trinajstić information content (AvgIpc) is 2.89. The minimum Gasteiger partial charge on any atom is -0.375 e. The number of rotatable bonds is 4. The zero-order valence-electron chi connectivity index (χ0n) is 12.5. The molecule has 112 valence electrons. The van der Waals surface area contributed by atoms with E-state index in [1.165, 1.54) is 16.0 Å². The van der Waals surface area contributed by atoms with Crippen LogP contribution in [0.3, 0.4) is 0 Å². The lowest BCUT2D eigenvalue weighted by Crippen LogP contribution is -2.45. The molecule has 2 N–H and O–H groups in total. The van der Waals surface area contributed by atoms with Gasteiger partial charge in [-0.1, -0.05) is 24.3 Å². The Morgan fingerprint density at radius 3 is 2.38 bits per heavy atom. The zero-order valence-corrected chi connectivity index (χ0v) is 13.3. The van der Waals surface area contributed by atoms with Crippen molar-refractivity contribution >= 4 is 16.5 Å². The molecule has 0 spiro atoms. The van der Waals surface area contributed by atoms with E-state index in [1.54, 1.807) is 11.3 Å². The highest BCUT2D eigenvalue weighted by atomic mass is 32.1. The highest BCUT2D eigenvalue weighted by Gasteiger charge is 2.18. The number of nitrogens with two attached hydrogens (primary N) is 1. The Hall–Kier alpha value is -1.43. The van der Waals surface area contributed by atoms with Crippen LogP contribution in [0.15, 0.2) is 30.5 Å². The fourth-order valence-corrected chi connectivity index (χ4v) is 3.48. The van der Waals surface area contributed by atoms with E-state index >= 15 is 0 Å². The summed E-state index contributed by atoms with van der Waals surface area (Å²) < 4.78 is 0. The molecule has 0 saturated carbocycles. The van der Waals surface area contributed by atoms with Gasteiger partial charge in [-0.25, -0.2) is 4.98 Å². The first-order chi connectivity index (χ1) is 10.2. The van der Waals surface area contributed by atoms with E-state index in [0.717, 1.165) is 39.3 Å². The predicted molar refractivity (Wildman–Crippen MR) is 88.3 cm³/mol. The molecule has 21 heavy (non-hydrogen) atoms. The summed E-state index contributed by atoms with van der Waals surface area (Å²) in [6.45, 7) is 8.72. The molecule has 0 bridgehead atoms. The molecule has 0 aliphatic carbocycles. The van der Waals surface area contributed by atoms with Gasteiger partial charge in [0.25, 0.3) is 0 Å². The third-order valence-corrected chi connectivity index (χ3v) is 4.88. The standard InChI is InChI=1S/C16H22N4S/c1-13-4-2-3-5-14(13)11-19-6-8-20(9-7-19)12-15-10-18-16(17)21-15/h2-5,10H,6-9,11-12H2,1H3,(H2,17,18). The van der Waals surface area contributed by atoms with Gasteiger partial charge in [0.15, 0.2) is 5.13 Å². The maximum Gasteiger partial charge on any atom is 0.180 e. The number of nitrogens with zero attached hydrogens (tertiary/aromatic N) is 3. The molecule has 2 aromatic rings. The van der Waals surface area contributed by atoms with Crippen molar-refractivity contribution in [2.24, 2.45) is 0 Å². The number of benzene rings is 1. The monoisotopic (exact) mass is 302 g/mol. The highest BCUT2D eigenvalue weighted by Crippen LogP contribution is 2.18. The molecular formula is C16H22N4S. The van der Waals surface area contributed by atoms with E-state index in [-0.39, 0.29) is 0 Å². The lowest BCUT2D eigenvalue weighted by Gasteiger charge is -2.34. The molecule has 5 heteroatoms. The second-order valence-corrected chi connectivity index (χ2v) is 6.79. The number of hydrogen-bond acceptors (Lipinski definition) is 5. The number of anilines is 1. The quantitative estimate of drug-likeness (QED) is 0.942. The Morgan fingerprint density at radius 2 is 1.76 bits per heavy atom. The first-order valence-electron chi connectivity index (χ1n) is 7.40. The molecule has 1 saturated heterocycles. The van der Waals surface area contributed by atoms with E-state index in [1.807, 2.05) is 6.20 Å². The van der Waals surface area contributed by atoms with E-state index in [2.05, 4.69) is 46.0 Å². The van der Waals surface area contributed by atoms with Crippen LogP contribution in [0.2, 0.25) is 0 Å². The largest absolute Gasteiger partial charge is 0.375 e. The molecule has 0 unspecified atom stereocenters. The normalized spacial score (nSPS) is 17.2. The minimum absolute atomic E-state index is 0.670. The van der Waals surface area contributed by atoms with Crippen LogP contribution in [0.25, 0.3) is 0 Å². The summed E-state index contributed by atoms with van der Waals surface area (Å²) in [6.07, 6.45) is 1.90. The zero-order chi connectivity index (χ0) is 14.7. The number of aryl methyl sites for hydroxylation is 1. The van der Waals surface area contributed by atoms with Gasteiger partial charge in [-0.05, 0) is 18.1 Å². The first-order valence-corrected chi connectivity index (χ1v) is 8.22. The van der Waals surface area contributed by atoms with Gasteiger partial charge in [0.05, 0.1) is 0 Å². The van der Waals surface area contributed by atoms with Gasteiger partial charge < -0.3 is 5.73 Å². The van der Waals surface area contributed by atoms with Crippen LogP contribution in [-0.4, -0.2) is 41.0 Å². The van der Waals surface area contributed by atoms with Gasteiger partial charge in [0, 0.05) is 50.3 Å². The van der Waals surface area contributed by atoms with Crippen molar-refractivity contribution in [1.82, 2.24) is 14.8 Å². The predicted octanol–water partition coefficient (Wildman–Crippen LogP) is 2.35. The minimum atomic E-state index is 0.670. The van der Waals surface area contributed by atoms with Crippen molar-refractivity contribution in [2.75, 3.05) is 31.9 Å². The first kappa shape index (κ1) is 14.5. The Labute approximate surface area is 130 Å². The molecular weight excluding hydrogens is 280 g/mol. The number of thiazole rings is 1. The summed E-state index contributed by atoms with van der Waals surface area (Å²) in [5.41, 5.74) is 8.52. The molecule has 1 fully saturated rings. The van der Waals surface area contributed by atoms with Gasteiger partial charge in [-0.15, -0.1) is 11.3 Å². The molecule has 1 aliphatic heterocycles. The molecule has 0 amide bonds. The summed E-state index contributed by atoms with van der Waals surface area (Å²) in [5.74, 6) is 0. The van der Waals surface area contributed by atoms with Crippen LogP contribution in [-0.2, 0) is 13.1 Å². The van der Waals surface area contributed by atoms with Crippen LogP contribution in [0.5, 0.6) is 0 Å². The van der Waals surface area contributed by atoms with Crippen molar-refractivity contribution in [3.05, 3.63) is 46.5 Å². The van der Waals surface area contributed by atoms with Gasteiger partial charge in [-0.2, -0.15) is 0 Å². The highest BCUT2D eigenvalue weighted by molar-refractivity contribution is 7.15. The van der Waals surface area contributed by atoms with Crippen molar-refractivity contribution in [1.29, 1.82) is 0 Å². The fraction of sp³-hybridized carbons (Fsp3) is 0.438. The Morgan fingerprint density at radius 1 is 1.10 bits per heavy atom. The molecule has 4 nitrogen and oxygen atoms in total. The summed E-state index contributed by atoms with van der Waals surface area (Å²) in [7, 11) is 0. The molecule has 1 aromatic heterocycles. The SMILES string of the molecule is Cc1ccccc1CN1CCN(Cc2cnc(N)s2)CC1. The molecule has 2 heterocycles. The lowest BCUT2D eigenvalue weighted by atomic mass is 10.1. The smallest absolute Gasteiger partial charge is 0.180 e. The number of nitrogen functional groups attached to an aromatic ring is 1. The topological polar surface area (TPSA) is 45.4 Å². The van der Waals surface area contributed by atoms with Crippen molar-refractivity contribution in [3.63, 3.8) is 0 Å².